The third kappa shape index (κ3) is 8.10. The van der Waals surface area contributed by atoms with Gasteiger partial charge in [-0.2, -0.15) is 0 Å². The fraction of sp³-hybridized carbons (Fsp3) is 0.276. The second kappa shape index (κ2) is 13.7. The van der Waals surface area contributed by atoms with Gasteiger partial charge in [-0.25, -0.2) is 0 Å². The highest BCUT2D eigenvalue weighted by molar-refractivity contribution is 5.96. The molecule has 3 amide bonds. The molecule has 194 valence electrons. The summed E-state index contributed by atoms with van der Waals surface area (Å²) < 4.78 is 11.2. The molecule has 1 atom stereocenters. The number of rotatable bonds is 12. The maximum Gasteiger partial charge on any atom is 0.251 e. The molecule has 2 N–H and O–H groups in total. The van der Waals surface area contributed by atoms with Gasteiger partial charge in [0.1, 0.15) is 0 Å². The van der Waals surface area contributed by atoms with Crippen molar-refractivity contribution in [2.75, 3.05) is 32.1 Å². The molecule has 0 unspecified atom stereocenters. The molecule has 3 aromatic carbocycles. The van der Waals surface area contributed by atoms with E-state index in [1.807, 2.05) is 50.2 Å². The highest BCUT2D eigenvalue weighted by Gasteiger charge is 2.22. The van der Waals surface area contributed by atoms with Crippen molar-refractivity contribution in [2.24, 2.45) is 0 Å². The van der Waals surface area contributed by atoms with E-state index in [0.29, 0.717) is 36.0 Å². The van der Waals surface area contributed by atoms with Crippen molar-refractivity contribution in [1.29, 1.82) is 0 Å². The van der Waals surface area contributed by atoms with Gasteiger partial charge in [-0.05, 0) is 43.7 Å². The zero-order valence-corrected chi connectivity index (χ0v) is 21.4. The van der Waals surface area contributed by atoms with Gasteiger partial charge in [-0.3, -0.25) is 14.4 Å². The standard InChI is InChI=1S/C29H33N3O5/c1-4-36-25-17-16-23(18-26(25)37-5-2)30-27(33)20-32(3)28(34)19-24(21-12-8-6-9-13-21)31-29(35)22-14-10-7-11-15-22/h6-18,24H,4-5,19-20H2,1-3H3,(H,30,33)(H,31,35)/t24-/m0/s1. The van der Waals surface area contributed by atoms with Gasteiger partial charge in [0.05, 0.1) is 32.2 Å². The molecular formula is C29H33N3O5. The fourth-order valence-electron chi connectivity index (χ4n) is 3.73. The van der Waals surface area contributed by atoms with Gasteiger partial charge < -0.3 is 25.0 Å². The molecular weight excluding hydrogens is 470 g/mol. The van der Waals surface area contributed by atoms with Crippen LogP contribution in [-0.4, -0.2) is 49.4 Å². The van der Waals surface area contributed by atoms with Crippen LogP contribution < -0.4 is 20.1 Å². The van der Waals surface area contributed by atoms with E-state index in [9.17, 15) is 14.4 Å². The van der Waals surface area contributed by atoms with Crippen LogP contribution in [0.1, 0.15) is 42.2 Å². The Bertz CT molecular complexity index is 1180. The third-order valence-corrected chi connectivity index (χ3v) is 5.56. The molecule has 3 aromatic rings. The molecule has 0 aliphatic rings. The Morgan fingerprint density at radius 1 is 0.838 bits per heavy atom. The summed E-state index contributed by atoms with van der Waals surface area (Å²) in [6.45, 7) is 4.55. The Labute approximate surface area is 217 Å². The Balaban J connectivity index is 1.64. The van der Waals surface area contributed by atoms with Crippen LogP contribution in [0.25, 0.3) is 0 Å². The van der Waals surface area contributed by atoms with Gasteiger partial charge >= 0.3 is 0 Å². The molecule has 0 bridgehead atoms. The van der Waals surface area contributed by atoms with E-state index in [1.54, 1.807) is 49.5 Å². The van der Waals surface area contributed by atoms with E-state index in [0.717, 1.165) is 5.56 Å². The number of carbonyl (C=O) groups excluding carboxylic acids is 3. The zero-order valence-electron chi connectivity index (χ0n) is 21.4. The Morgan fingerprint density at radius 3 is 2.11 bits per heavy atom. The van der Waals surface area contributed by atoms with Gasteiger partial charge in [0.2, 0.25) is 11.8 Å². The Hall–Kier alpha value is -4.33. The number of anilines is 1. The average molecular weight is 504 g/mol. The molecule has 37 heavy (non-hydrogen) atoms. The summed E-state index contributed by atoms with van der Waals surface area (Å²) in [6.07, 6.45) is 0.00388. The number of hydrogen-bond donors (Lipinski definition) is 2. The minimum Gasteiger partial charge on any atom is -0.490 e. The number of nitrogens with one attached hydrogen (secondary N) is 2. The van der Waals surface area contributed by atoms with E-state index >= 15 is 0 Å². The minimum absolute atomic E-state index is 0.00388. The van der Waals surface area contributed by atoms with Crippen molar-refractivity contribution in [3.63, 3.8) is 0 Å². The monoisotopic (exact) mass is 503 g/mol. The van der Waals surface area contributed by atoms with Crippen molar-refractivity contribution in [3.8, 4) is 11.5 Å². The van der Waals surface area contributed by atoms with Crippen molar-refractivity contribution in [2.45, 2.75) is 26.3 Å². The van der Waals surface area contributed by atoms with Gasteiger partial charge in [0.15, 0.2) is 11.5 Å². The first-order valence-corrected chi connectivity index (χ1v) is 12.3. The lowest BCUT2D eigenvalue weighted by atomic mass is 10.0. The van der Waals surface area contributed by atoms with Crippen LogP contribution >= 0.6 is 0 Å². The van der Waals surface area contributed by atoms with Crippen molar-refractivity contribution in [3.05, 3.63) is 90.0 Å². The molecule has 0 saturated heterocycles. The molecule has 0 spiro atoms. The lowest BCUT2D eigenvalue weighted by molar-refractivity contribution is -0.133. The lowest BCUT2D eigenvalue weighted by Gasteiger charge is -2.23. The summed E-state index contributed by atoms with van der Waals surface area (Å²) in [4.78, 5) is 39.9. The van der Waals surface area contributed by atoms with E-state index in [-0.39, 0.29) is 30.7 Å². The number of nitrogens with zero attached hydrogens (tertiary/aromatic N) is 1. The molecule has 0 aliphatic carbocycles. The quantitative estimate of drug-likeness (QED) is 0.381. The van der Waals surface area contributed by atoms with Crippen molar-refractivity contribution in [1.82, 2.24) is 10.2 Å². The van der Waals surface area contributed by atoms with Crippen molar-refractivity contribution >= 4 is 23.4 Å². The summed E-state index contributed by atoms with van der Waals surface area (Å²) >= 11 is 0. The first-order chi connectivity index (χ1) is 17.9. The number of hydrogen-bond acceptors (Lipinski definition) is 5. The maximum atomic E-state index is 13.0. The smallest absolute Gasteiger partial charge is 0.251 e. The summed E-state index contributed by atoms with van der Waals surface area (Å²) in [5.41, 5.74) is 1.84. The van der Waals surface area contributed by atoms with E-state index in [2.05, 4.69) is 10.6 Å². The van der Waals surface area contributed by atoms with E-state index in [1.165, 1.54) is 4.90 Å². The van der Waals surface area contributed by atoms with E-state index in [4.69, 9.17) is 9.47 Å². The van der Waals surface area contributed by atoms with Crippen LogP contribution in [0.2, 0.25) is 0 Å². The van der Waals surface area contributed by atoms with Crippen molar-refractivity contribution < 1.29 is 23.9 Å². The Morgan fingerprint density at radius 2 is 1.46 bits per heavy atom. The average Bonchev–Trinajstić information content (AvgIpc) is 2.90. The predicted octanol–water partition coefficient (Wildman–Crippen LogP) is 4.44. The molecule has 0 aromatic heterocycles. The number of carbonyl (C=O) groups is 3. The maximum absolute atomic E-state index is 13.0. The number of likely N-dealkylation sites (N-methyl/N-ethyl adjacent to an activating group) is 1. The van der Waals surface area contributed by atoms with Crippen LogP contribution in [0.5, 0.6) is 11.5 Å². The van der Waals surface area contributed by atoms with Gasteiger partial charge in [-0.15, -0.1) is 0 Å². The molecule has 3 rings (SSSR count). The lowest BCUT2D eigenvalue weighted by Crippen LogP contribution is -2.38. The summed E-state index contributed by atoms with van der Waals surface area (Å²) in [5.74, 6) is 0.222. The minimum atomic E-state index is -0.549. The predicted molar refractivity (Wildman–Crippen MR) is 143 cm³/mol. The highest BCUT2D eigenvalue weighted by Crippen LogP contribution is 2.30. The van der Waals surface area contributed by atoms with Crippen LogP contribution in [0, 0.1) is 0 Å². The van der Waals surface area contributed by atoms with Crippen LogP contribution in [0.4, 0.5) is 5.69 Å². The van der Waals surface area contributed by atoms with E-state index < -0.39 is 6.04 Å². The second-order valence-corrected chi connectivity index (χ2v) is 8.33. The zero-order chi connectivity index (χ0) is 26.6. The fourth-order valence-corrected chi connectivity index (χ4v) is 3.73. The van der Waals surface area contributed by atoms with Crippen LogP contribution in [-0.2, 0) is 9.59 Å². The molecule has 0 fully saturated rings. The number of amides is 3. The molecule has 0 heterocycles. The summed E-state index contributed by atoms with van der Waals surface area (Å²) in [7, 11) is 1.56. The molecule has 0 saturated carbocycles. The largest absolute Gasteiger partial charge is 0.490 e. The topological polar surface area (TPSA) is 97.0 Å². The number of benzene rings is 3. The molecule has 8 heteroatoms. The summed E-state index contributed by atoms with van der Waals surface area (Å²) in [5, 5.41) is 5.75. The molecule has 0 radical (unpaired) electrons. The summed E-state index contributed by atoms with van der Waals surface area (Å²) in [6, 6.07) is 22.7. The Kier molecular flexibility index (Phi) is 10.1. The number of ether oxygens (including phenoxy) is 2. The second-order valence-electron chi connectivity index (χ2n) is 8.33. The first kappa shape index (κ1) is 27.3. The van der Waals surface area contributed by atoms with Gasteiger partial charge in [0.25, 0.3) is 5.91 Å². The van der Waals surface area contributed by atoms with Gasteiger partial charge in [0, 0.05) is 24.4 Å². The SMILES string of the molecule is CCOc1ccc(NC(=O)CN(C)C(=O)C[C@H](NC(=O)c2ccccc2)c2ccccc2)cc1OCC. The van der Waals surface area contributed by atoms with Gasteiger partial charge in [-0.1, -0.05) is 48.5 Å². The highest BCUT2D eigenvalue weighted by atomic mass is 16.5. The normalized spacial score (nSPS) is 11.2. The molecule has 8 nitrogen and oxygen atoms in total. The third-order valence-electron chi connectivity index (χ3n) is 5.56. The molecule has 0 aliphatic heterocycles. The van der Waals surface area contributed by atoms with Crippen LogP contribution in [0.3, 0.4) is 0 Å². The first-order valence-electron chi connectivity index (χ1n) is 12.3. The van der Waals surface area contributed by atoms with Crippen LogP contribution in [0.15, 0.2) is 78.9 Å².